The molecule has 0 spiro atoms. The van der Waals surface area contributed by atoms with E-state index >= 15 is 0 Å². The van der Waals surface area contributed by atoms with E-state index in [4.69, 9.17) is 5.73 Å². The topological polar surface area (TPSA) is 81.9 Å². The zero-order chi connectivity index (χ0) is 9.14. The van der Waals surface area contributed by atoms with Crippen LogP contribution in [-0.4, -0.2) is 37.0 Å². The molecule has 2 N–H and O–H groups in total. The minimum absolute atomic E-state index is 0.331. The lowest BCUT2D eigenvalue weighted by Crippen LogP contribution is -2.56. The smallest absolute Gasteiger partial charge is 0.437 e. The van der Waals surface area contributed by atoms with Gasteiger partial charge < -0.3 is 15.2 Å². The predicted octanol–water partition coefficient (Wildman–Crippen LogP) is -0.120. The van der Waals surface area contributed by atoms with Crippen LogP contribution >= 0.6 is 0 Å². The lowest BCUT2D eigenvalue weighted by atomic mass is 10.2. The molecule has 1 heterocycles. The van der Waals surface area contributed by atoms with Gasteiger partial charge >= 0.3 is 12.2 Å². The van der Waals surface area contributed by atoms with Gasteiger partial charge in [-0.25, -0.2) is 9.59 Å². The van der Waals surface area contributed by atoms with Crippen molar-refractivity contribution in [2.75, 3.05) is 13.7 Å². The van der Waals surface area contributed by atoms with E-state index in [1.807, 2.05) is 0 Å². The fourth-order valence-corrected chi connectivity index (χ4v) is 0.806. The van der Waals surface area contributed by atoms with Gasteiger partial charge in [-0.15, -0.1) is 0 Å². The number of carbonyl (C=O) groups is 2. The summed E-state index contributed by atoms with van der Waals surface area (Å²) in [7, 11) is 1.13. The van der Waals surface area contributed by atoms with Gasteiger partial charge in [0.05, 0.1) is 13.3 Å². The minimum Gasteiger partial charge on any atom is -0.437 e. The Labute approximate surface area is 69.2 Å². The molecule has 1 fully saturated rings. The molecular formula is C6H10N2O4. The second kappa shape index (κ2) is 3.40. The summed E-state index contributed by atoms with van der Waals surface area (Å²) in [5.41, 5.74) is 5.41. The van der Waals surface area contributed by atoms with Gasteiger partial charge in [0.1, 0.15) is 0 Å². The molecule has 1 amide bonds. The molecule has 0 aromatic carbocycles. The number of amides is 1. The van der Waals surface area contributed by atoms with Crippen molar-refractivity contribution in [3.05, 3.63) is 0 Å². The first kappa shape index (κ1) is 8.79. The molecular weight excluding hydrogens is 164 g/mol. The van der Waals surface area contributed by atoms with Crippen molar-refractivity contribution in [3.63, 3.8) is 0 Å². The van der Waals surface area contributed by atoms with Gasteiger partial charge in [-0.2, -0.15) is 0 Å². The van der Waals surface area contributed by atoms with Crippen LogP contribution in [0.15, 0.2) is 0 Å². The second-order valence-corrected chi connectivity index (χ2v) is 2.37. The van der Waals surface area contributed by atoms with E-state index < -0.39 is 12.2 Å². The predicted molar refractivity (Wildman–Crippen MR) is 38.2 cm³/mol. The van der Waals surface area contributed by atoms with Crippen LogP contribution in [0.3, 0.4) is 0 Å². The van der Waals surface area contributed by atoms with Crippen molar-refractivity contribution < 1.29 is 19.1 Å². The molecule has 0 aromatic rings. The zero-order valence-electron chi connectivity index (χ0n) is 6.65. The Balaban J connectivity index is 2.33. The van der Waals surface area contributed by atoms with Crippen molar-refractivity contribution in [3.8, 4) is 0 Å². The maximum absolute atomic E-state index is 10.9. The highest BCUT2D eigenvalue weighted by molar-refractivity contribution is 5.81. The molecule has 1 saturated heterocycles. The molecule has 1 unspecified atom stereocenters. The van der Waals surface area contributed by atoms with E-state index in [1.54, 1.807) is 0 Å². The first-order valence-electron chi connectivity index (χ1n) is 3.47. The lowest BCUT2D eigenvalue weighted by molar-refractivity contribution is 0.0433. The minimum atomic E-state index is -1.01. The highest BCUT2D eigenvalue weighted by Crippen LogP contribution is 2.13. The molecule has 68 valence electrons. The van der Waals surface area contributed by atoms with E-state index in [0.29, 0.717) is 6.54 Å². The number of hydrogen-bond donors (Lipinski definition) is 1. The monoisotopic (exact) mass is 174 g/mol. The van der Waals surface area contributed by atoms with Gasteiger partial charge in [0.25, 0.3) is 0 Å². The largest absolute Gasteiger partial charge is 0.517 e. The fraction of sp³-hybridized carbons (Fsp3) is 0.667. The molecule has 6 nitrogen and oxygen atoms in total. The van der Waals surface area contributed by atoms with Crippen molar-refractivity contribution in [2.24, 2.45) is 5.73 Å². The van der Waals surface area contributed by atoms with Crippen molar-refractivity contribution in [1.82, 2.24) is 4.90 Å². The van der Waals surface area contributed by atoms with Crippen LogP contribution in [0.4, 0.5) is 9.59 Å². The van der Waals surface area contributed by atoms with Crippen LogP contribution in [0.5, 0.6) is 0 Å². The number of rotatable bonds is 0. The van der Waals surface area contributed by atoms with Crippen molar-refractivity contribution in [1.29, 1.82) is 0 Å². The van der Waals surface area contributed by atoms with Gasteiger partial charge in [0.15, 0.2) is 0 Å². The van der Waals surface area contributed by atoms with Crippen LogP contribution in [0.1, 0.15) is 6.42 Å². The van der Waals surface area contributed by atoms with Gasteiger partial charge in [0, 0.05) is 6.54 Å². The van der Waals surface area contributed by atoms with Crippen molar-refractivity contribution >= 4 is 12.2 Å². The molecule has 1 rings (SSSR count). The molecule has 1 aliphatic heterocycles. The van der Waals surface area contributed by atoms with Crippen LogP contribution in [-0.2, 0) is 9.47 Å². The summed E-state index contributed by atoms with van der Waals surface area (Å²) in [5, 5.41) is 0. The number of likely N-dealkylation sites (tertiary alicyclic amines) is 1. The molecule has 0 bridgehead atoms. The Morgan fingerprint density at radius 3 is 2.58 bits per heavy atom. The van der Waals surface area contributed by atoms with Gasteiger partial charge in [-0.05, 0) is 6.42 Å². The van der Waals surface area contributed by atoms with Gasteiger partial charge in [0.2, 0.25) is 0 Å². The average molecular weight is 174 g/mol. The molecule has 0 radical (unpaired) electrons. The number of ether oxygens (including phenoxy) is 2. The number of carbonyl (C=O) groups excluding carboxylic acids is 2. The first-order chi connectivity index (χ1) is 5.65. The van der Waals surface area contributed by atoms with E-state index in [0.717, 1.165) is 13.5 Å². The molecule has 1 aliphatic rings. The summed E-state index contributed by atoms with van der Waals surface area (Å²) in [5.74, 6) is 0. The molecule has 0 saturated carbocycles. The summed E-state index contributed by atoms with van der Waals surface area (Å²) in [6.07, 6.45) is -1.36. The third-order valence-corrected chi connectivity index (χ3v) is 1.64. The normalized spacial score (nSPS) is 21.2. The molecule has 0 aromatic heterocycles. The summed E-state index contributed by atoms with van der Waals surface area (Å²) in [6.45, 7) is 0.525. The van der Waals surface area contributed by atoms with Crippen LogP contribution < -0.4 is 5.73 Å². The molecule has 1 atom stereocenters. The van der Waals surface area contributed by atoms with Crippen LogP contribution in [0.25, 0.3) is 0 Å². The highest BCUT2D eigenvalue weighted by Gasteiger charge is 2.31. The van der Waals surface area contributed by atoms with E-state index in [1.165, 1.54) is 4.90 Å². The zero-order valence-corrected chi connectivity index (χ0v) is 6.65. The quantitative estimate of drug-likeness (QED) is 0.409. The molecule has 12 heavy (non-hydrogen) atoms. The molecule has 0 aliphatic carbocycles. The second-order valence-electron chi connectivity index (χ2n) is 2.37. The maximum Gasteiger partial charge on any atom is 0.517 e. The van der Waals surface area contributed by atoms with E-state index in [2.05, 4.69) is 9.47 Å². The average Bonchev–Trinajstić information content (AvgIpc) is 2.01. The van der Waals surface area contributed by atoms with Crippen molar-refractivity contribution in [2.45, 2.75) is 12.6 Å². The van der Waals surface area contributed by atoms with Gasteiger partial charge in [-0.3, -0.25) is 4.90 Å². The third kappa shape index (κ3) is 1.65. The summed E-state index contributed by atoms with van der Waals surface area (Å²) < 4.78 is 8.35. The number of methoxy groups -OCH3 is 1. The first-order valence-corrected chi connectivity index (χ1v) is 3.47. The Morgan fingerprint density at radius 2 is 2.25 bits per heavy atom. The SMILES string of the molecule is COC(=O)OC(=O)N1CCC1N. The van der Waals surface area contributed by atoms with Crippen LogP contribution in [0, 0.1) is 0 Å². The third-order valence-electron chi connectivity index (χ3n) is 1.64. The number of hydrogen-bond acceptors (Lipinski definition) is 5. The summed E-state index contributed by atoms with van der Waals surface area (Å²) in [6, 6.07) is 0. The highest BCUT2D eigenvalue weighted by atomic mass is 16.7. The summed E-state index contributed by atoms with van der Waals surface area (Å²) >= 11 is 0. The van der Waals surface area contributed by atoms with Gasteiger partial charge in [-0.1, -0.05) is 0 Å². The lowest BCUT2D eigenvalue weighted by Gasteiger charge is -2.36. The van der Waals surface area contributed by atoms with E-state index in [-0.39, 0.29) is 6.17 Å². The Morgan fingerprint density at radius 1 is 1.58 bits per heavy atom. The van der Waals surface area contributed by atoms with E-state index in [9.17, 15) is 9.59 Å². The molecule has 6 heteroatoms. The Bertz CT molecular complexity index is 206. The van der Waals surface area contributed by atoms with Crippen LogP contribution in [0.2, 0.25) is 0 Å². The number of nitrogens with two attached hydrogens (primary N) is 1. The fourth-order valence-electron chi connectivity index (χ4n) is 0.806. The standard InChI is InChI=1S/C6H10N2O4/c1-11-6(10)12-5(9)8-3-2-4(8)7/h4H,2-3,7H2,1H3. The number of nitrogens with zero attached hydrogens (tertiary/aromatic N) is 1. The maximum atomic E-state index is 10.9. The Hall–Kier alpha value is -1.30. The Kier molecular flexibility index (Phi) is 2.49. The summed E-state index contributed by atoms with van der Waals surface area (Å²) in [4.78, 5) is 22.6.